The molecule has 1 saturated carbocycles. The van der Waals surface area contributed by atoms with Crippen molar-refractivity contribution in [2.24, 2.45) is 10.9 Å². The second-order valence-corrected chi connectivity index (χ2v) is 6.80. The van der Waals surface area contributed by atoms with E-state index in [1.807, 2.05) is 6.92 Å². The minimum atomic E-state index is -0.292. The Labute approximate surface area is 159 Å². The average molecular weight is 384 g/mol. The molecule has 0 aliphatic heterocycles. The van der Waals surface area contributed by atoms with Crippen molar-refractivity contribution in [2.75, 3.05) is 20.2 Å². The van der Waals surface area contributed by atoms with Gasteiger partial charge in [0, 0.05) is 30.2 Å². The second kappa shape index (κ2) is 10.4. The van der Waals surface area contributed by atoms with Crippen LogP contribution in [-0.4, -0.2) is 38.2 Å². The normalized spacial score (nSPS) is 20.5. The monoisotopic (exact) mass is 383 g/mol. The van der Waals surface area contributed by atoms with Crippen LogP contribution in [0.15, 0.2) is 23.2 Å². The van der Waals surface area contributed by atoms with Crippen LogP contribution in [-0.2, 0) is 16.0 Å². The molecule has 1 aromatic rings. The Bertz CT molecular complexity index is 611. The largest absolute Gasteiger partial charge is 0.466 e. The van der Waals surface area contributed by atoms with Gasteiger partial charge in [-0.25, -0.2) is 4.39 Å². The van der Waals surface area contributed by atoms with Crippen LogP contribution in [0, 0.1) is 11.7 Å². The molecule has 7 heteroatoms. The van der Waals surface area contributed by atoms with Gasteiger partial charge in [0.2, 0.25) is 0 Å². The molecule has 0 bridgehead atoms. The number of nitrogens with one attached hydrogen (secondary N) is 2. The zero-order valence-corrected chi connectivity index (χ0v) is 16.1. The Balaban J connectivity index is 1.76. The van der Waals surface area contributed by atoms with Crippen molar-refractivity contribution in [3.05, 3.63) is 34.6 Å². The van der Waals surface area contributed by atoms with Crippen LogP contribution < -0.4 is 10.6 Å². The van der Waals surface area contributed by atoms with E-state index in [0.29, 0.717) is 36.1 Å². The average Bonchev–Trinajstić information content (AvgIpc) is 2.64. The van der Waals surface area contributed by atoms with E-state index in [2.05, 4.69) is 15.6 Å². The fourth-order valence-corrected chi connectivity index (χ4v) is 3.46. The number of benzene rings is 1. The number of aliphatic imine (C=N–C) groups is 1. The van der Waals surface area contributed by atoms with E-state index in [1.54, 1.807) is 19.2 Å². The summed E-state index contributed by atoms with van der Waals surface area (Å²) in [6.45, 7) is 2.79. The molecule has 1 aliphatic rings. The SMILES string of the molecule is CCOC(=O)C1CCC(NC(=NC)NCCc2c(F)cccc2Cl)CC1. The van der Waals surface area contributed by atoms with Crippen molar-refractivity contribution in [3.8, 4) is 0 Å². The molecule has 2 rings (SSSR count). The van der Waals surface area contributed by atoms with Crippen molar-refractivity contribution in [1.82, 2.24) is 10.6 Å². The fraction of sp³-hybridized carbons (Fsp3) is 0.579. The molecule has 2 N–H and O–H groups in total. The zero-order valence-electron chi connectivity index (χ0n) is 15.4. The van der Waals surface area contributed by atoms with Gasteiger partial charge in [-0.1, -0.05) is 17.7 Å². The Morgan fingerprint density at radius 1 is 1.35 bits per heavy atom. The molecule has 1 aliphatic carbocycles. The Kier molecular flexibility index (Phi) is 8.16. The van der Waals surface area contributed by atoms with Crippen LogP contribution in [0.25, 0.3) is 0 Å². The summed E-state index contributed by atoms with van der Waals surface area (Å²) in [5.74, 6) is 0.304. The predicted molar refractivity (Wildman–Crippen MR) is 102 cm³/mol. The number of hydrogen-bond acceptors (Lipinski definition) is 3. The molecular weight excluding hydrogens is 357 g/mol. The number of carbonyl (C=O) groups is 1. The molecule has 0 unspecified atom stereocenters. The number of carbonyl (C=O) groups excluding carboxylic acids is 1. The molecule has 0 aromatic heterocycles. The van der Waals surface area contributed by atoms with Gasteiger partial charge < -0.3 is 15.4 Å². The lowest BCUT2D eigenvalue weighted by Crippen LogP contribution is -2.45. The third-order valence-corrected chi connectivity index (χ3v) is 4.99. The highest BCUT2D eigenvalue weighted by Gasteiger charge is 2.27. The van der Waals surface area contributed by atoms with E-state index in [0.717, 1.165) is 25.7 Å². The molecule has 0 amide bonds. The number of esters is 1. The Morgan fingerprint density at radius 3 is 2.69 bits per heavy atom. The molecule has 144 valence electrons. The Morgan fingerprint density at radius 2 is 2.08 bits per heavy atom. The van der Waals surface area contributed by atoms with Gasteiger partial charge in [0.25, 0.3) is 0 Å². The van der Waals surface area contributed by atoms with E-state index < -0.39 is 0 Å². The summed E-state index contributed by atoms with van der Waals surface area (Å²) in [6.07, 6.45) is 3.89. The van der Waals surface area contributed by atoms with Gasteiger partial charge in [0.1, 0.15) is 5.82 Å². The second-order valence-electron chi connectivity index (χ2n) is 6.39. The first-order valence-corrected chi connectivity index (χ1v) is 9.49. The third kappa shape index (κ3) is 5.87. The number of rotatable bonds is 6. The highest BCUT2D eigenvalue weighted by molar-refractivity contribution is 6.31. The first-order chi connectivity index (χ1) is 12.5. The van der Waals surface area contributed by atoms with Gasteiger partial charge in [-0.2, -0.15) is 0 Å². The van der Waals surface area contributed by atoms with Gasteiger partial charge in [-0.3, -0.25) is 9.79 Å². The van der Waals surface area contributed by atoms with Crippen molar-refractivity contribution in [1.29, 1.82) is 0 Å². The topological polar surface area (TPSA) is 62.7 Å². The molecule has 26 heavy (non-hydrogen) atoms. The molecule has 0 atom stereocenters. The summed E-state index contributed by atoms with van der Waals surface area (Å²) in [6, 6.07) is 4.97. The number of ether oxygens (including phenoxy) is 1. The summed E-state index contributed by atoms with van der Waals surface area (Å²) in [4.78, 5) is 16.0. The van der Waals surface area contributed by atoms with Crippen molar-refractivity contribution in [2.45, 2.75) is 45.1 Å². The minimum absolute atomic E-state index is 0.00571. The van der Waals surface area contributed by atoms with Gasteiger partial charge in [-0.15, -0.1) is 0 Å². The standard InChI is InChI=1S/C19H27ClFN3O2/c1-3-26-18(25)13-7-9-14(10-8-13)24-19(22-2)23-12-11-15-16(20)5-4-6-17(15)21/h4-6,13-14H,3,7-12H2,1-2H3,(H2,22,23,24). The highest BCUT2D eigenvalue weighted by atomic mass is 35.5. The summed E-state index contributed by atoms with van der Waals surface area (Å²) in [5.41, 5.74) is 0.507. The van der Waals surface area contributed by atoms with Crippen LogP contribution >= 0.6 is 11.6 Å². The number of guanidine groups is 1. The van der Waals surface area contributed by atoms with Gasteiger partial charge in [0.05, 0.1) is 12.5 Å². The summed E-state index contributed by atoms with van der Waals surface area (Å²) in [7, 11) is 1.70. The number of nitrogens with zero attached hydrogens (tertiary/aromatic N) is 1. The zero-order chi connectivity index (χ0) is 18.9. The van der Waals surface area contributed by atoms with Crippen LogP contribution in [0.4, 0.5) is 4.39 Å². The van der Waals surface area contributed by atoms with Crippen LogP contribution in [0.2, 0.25) is 5.02 Å². The van der Waals surface area contributed by atoms with Crippen molar-refractivity contribution >= 4 is 23.5 Å². The van der Waals surface area contributed by atoms with Gasteiger partial charge >= 0.3 is 5.97 Å². The van der Waals surface area contributed by atoms with Crippen LogP contribution in [0.1, 0.15) is 38.2 Å². The molecule has 0 spiro atoms. The molecule has 1 aromatic carbocycles. The number of hydrogen-bond donors (Lipinski definition) is 2. The maximum Gasteiger partial charge on any atom is 0.308 e. The van der Waals surface area contributed by atoms with E-state index in [9.17, 15) is 9.18 Å². The fourth-order valence-electron chi connectivity index (χ4n) is 3.20. The maximum atomic E-state index is 13.8. The minimum Gasteiger partial charge on any atom is -0.466 e. The van der Waals surface area contributed by atoms with Crippen molar-refractivity contribution in [3.63, 3.8) is 0 Å². The number of halogens is 2. The van der Waals surface area contributed by atoms with E-state index >= 15 is 0 Å². The first-order valence-electron chi connectivity index (χ1n) is 9.11. The van der Waals surface area contributed by atoms with Crippen LogP contribution in [0.3, 0.4) is 0 Å². The highest BCUT2D eigenvalue weighted by Crippen LogP contribution is 2.25. The van der Waals surface area contributed by atoms with E-state index in [-0.39, 0.29) is 23.7 Å². The lowest BCUT2D eigenvalue weighted by atomic mass is 9.86. The van der Waals surface area contributed by atoms with E-state index in [4.69, 9.17) is 16.3 Å². The van der Waals surface area contributed by atoms with Gasteiger partial charge in [0.15, 0.2) is 5.96 Å². The summed E-state index contributed by atoms with van der Waals surface area (Å²) >= 11 is 6.04. The summed E-state index contributed by atoms with van der Waals surface area (Å²) in [5, 5.41) is 7.01. The molecule has 1 fully saturated rings. The molecule has 0 radical (unpaired) electrons. The molecule has 5 nitrogen and oxygen atoms in total. The lowest BCUT2D eigenvalue weighted by Gasteiger charge is -2.29. The third-order valence-electron chi connectivity index (χ3n) is 4.64. The smallest absolute Gasteiger partial charge is 0.308 e. The maximum absolute atomic E-state index is 13.8. The lowest BCUT2D eigenvalue weighted by molar-refractivity contribution is -0.149. The summed E-state index contributed by atoms with van der Waals surface area (Å²) < 4.78 is 18.9. The predicted octanol–water partition coefficient (Wildman–Crippen LogP) is 3.31. The quantitative estimate of drug-likeness (QED) is 0.449. The Hall–Kier alpha value is -1.82. The van der Waals surface area contributed by atoms with Gasteiger partial charge in [-0.05, 0) is 51.2 Å². The van der Waals surface area contributed by atoms with Crippen LogP contribution in [0.5, 0.6) is 0 Å². The molecule has 0 heterocycles. The van der Waals surface area contributed by atoms with Crippen molar-refractivity contribution < 1.29 is 13.9 Å². The van der Waals surface area contributed by atoms with E-state index in [1.165, 1.54) is 6.07 Å². The molecule has 0 saturated heterocycles. The first kappa shape index (κ1) is 20.5. The molecular formula is C19H27ClFN3O2.